The topological polar surface area (TPSA) is 167 Å². The van der Waals surface area contributed by atoms with Crippen LogP contribution in [-0.4, -0.2) is 38.1 Å². The molecule has 1 aromatic carbocycles. The number of nitro benzene ring substituents is 1. The van der Waals surface area contributed by atoms with Gasteiger partial charge in [0.25, 0.3) is 0 Å². The van der Waals surface area contributed by atoms with Gasteiger partial charge in [-0.05, 0) is 0 Å². The van der Waals surface area contributed by atoms with Gasteiger partial charge in [-0.1, -0.05) is 0 Å². The number of halogens is 1. The summed E-state index contributed by atoms with van der Waals surface area (Å²) >= 11 is -1.91. The molecule has 12 nitrogen and oxygen atoms in total. The second-order valence-electron chi connectivity index (χ2n) is 5.40. The summed E-state index contributed by atoms with van der Waals surface area (Å²) in [4.78, 5) is 31.8. The summed E-state index contributed by atoms with van der Waals surface area (Å²) in [6.45, 7) is 0. The molecule has 0 spiro atoms. The van der Waals surface area contributed by atoms with Crippen molar-refractivity contribution in [2.24, 2.45) is 3.21 Å². The number of rotatable bonds is 4. The number of aromatic nitrogens is 3. The summed E-state index contributed by atoms with van der Waals surface area (Å²) in [5.74, 6) is 0.0466. The van der Waals surface area contributed by atoms with Crippen molar-refractivity contribution in [3.63, 3.8) is 0 Å². The number of nitro groups is 1. The van der Waals surface area contributed by atoms with E-state index < -0.39 is 42.8 Å². The first kappa shape index (κ1) is 18.5. The van der Waals surface area contributed by atoms with Crippen molar-refractivity contribution in [2.45, 2.75) is 0 Å². The minimum atomic E-state index is -4.70. The molecule has 0 amide bonds. The third kappa shape index (κ3) is 3.15. The molecule has 144 valence electrons. The molecule has 0 aliphatic carbocycles. The Morgan fingerprint density at radius 1 is 1.32 bits per heavy atom. The summed E-state index contributed by atoms with van der Waals surface area (Å²) in [5.41, 5.74) is -0.000137. The Morgan fingerprint density at radius 3 is 2.82 bits per heavy atom. The third-order valence-electron chi connectivity index (χ3n) is 3.77. The number of non-ortho nitro benzene ring substituents is 1. The monoisotopic (exact) mass is 516 g/mol. The second kappa shape index (κ2) is 6.66. The molecule has 0 radical (unpaired) electrons. The van der Waals surface area contributed by atoms with Crippen molar-refractivity contribution in [2.75, 3.05) is 0 Å². The number of nitrogens with zero attached hydrogens (tertiary/aromatic N) is 5. The van der Waals surface area contributed by atoms with Crippen LogP contribution in [0.15, 0.2) is 44.5 Å². The molecular formula is C14H7IN5O7S-. The Hall–Kier alpha value is -2.82. The fourth-order valence-corrected chi connectivity index (χ4v) is 4.34. The molecule has 0 bridgehead atoms. The molecule has 0 atom stereocenters. The maximum atomic E-state index is 12.9. The fourth-order valence-electron chi connectivity index (χ4n) is 2.71. The number of hydrogen-bond acceptors (Lipinski definition) is 9. The van der Waals surface area contributed by atoms with Crippen LogP contribution in [0.5, 0.6) is 0 Å². The molecule has 0 unspecified atom stereocenters. The van der Waals surface area contributed by atoms with Crippen LogP contribution in [0.1, 0.15) is 11.4 Å². The van der Waals surface area contributed by atoms with Crippen LogP contribution in [0.4, 0.5) is 5.69 Å². The molecule has 1 aliphatic heterocycles. The standard InChI is InChI=1S/C14H7IN5O7S/c21-14-8-2-1-5-16-12(8)17-13-11(18-15-27-28(24,25)26)9-6-7(20(22)23)3-4-10(9)19(13)14/h1-6H,(H,24,25,26)/q-1. The Labute approximate surface area is 166 Å². The molecule has 0 saturated carbocycles. The van der Waals surface area contributed by atoms with E-state index in [0.29, 0.717) is 5.69 Å². The van der Waals surface area contributed by atoms with Crippen molar-refractivity contribution < 1.29 is 42.3 Å². The quantitative estimate of drug-likeness (QED) is 0.134. The van der Waals surface area contributed by atoms with E-state index in [1.54, 1.807) is 12.1 Å². The number of benzene rings is 1. The summed E-state index contributed by atoms with van der Waals surface area (Å²) in [6.07, 6.45) is 1.45. The van der Waals surface area contributed by atoms with Crippen molar-refractivity contribution in [3.8, 4) is 5.69 Å². The predicted octanol–water partition coefficient (Wildman–Crippen LogP) is -2.42. The first-order valence-corrected chi connectivity index (χ1v) is 10.5. The molecule has 14 heteroatoms. The average molecular weight is 516 g/mol. The minimum absolute atomic E-state index is 0.0415. The summed E-state index contributed by atoms with van der Waals surface area (Å²) < 4.78 is 39.9. The number of pyridine rings is 1. The van der Waals surface area contributed by atoms with Gasteiger partial charge in [0.05, 0.1) is 0 Å². The normalized spacial score (nSPS) is 14.4. The van der Waals surface area contributed by atoms with E-state index in [2.05, 4.69) is 15.7 Å². The van der Waals surface area contributed by atoms with Gasteiger partial charge in [0.2, 0.25) is 0 Å². The van der Waals surface area contributed by atoms with Crippen LogP contribution in [0.2, 0.25) is 0 Å². The van der Waals surface area contributed by atoms with E-state index in [9.17, 15) is 23.3 Å². The van der Waals surface area contributed by atoms with Gasteiger partial charge in [-0.25, -0.2) is 0 Å². The third-order valence-corrected chi connectivity index (χ3v) is 6.51. The second-order valence-corrected chi connectivity index (χ2v) is 8.34. The molecule has 0 fully saturated rings. The van der Waals surface area contributed by atoms with E-state index in [-0.39, 0.29) is 33.8 Å². The van der Waals surface area contributed by atoms with Crippen LogP contribution in [0, 0.1) is 10.1 Å². The predicted molar refractivity (Wildman–Crippen MR) is 90.1 cm³/mol. The van der Waals surface area contributed by atoms with E-state index in [1.807, 2.05) is 0 Å². The van der Waals surface area contributed by atoms with Gasteiger partial charge >= 0.3 is 167 Å². The number of hydrogen-bond donors (Lipinski definition) is 1. The summed E-state index contributed by atoms with van der Waals surface area (Å²) in [5, 5.41) is 11.4. The van der Waals surface area contributed by atoms with Gasteiger partial charge in [-0.2, -0.15) is 0 Å². The molecule has 28 heavy (non-hydrogen) atoms. The van der Waals surface area contributed by atoms with Crippen LogP contribution in [0.3, 0.4) is 0 Å². The van der Waals surface area contributed by atoms with Crippen LogP contribution in [-0.2, 0) is 12.9 Å². The Kier molecular flexibility index (Phi) is 4.41. The summed E-state index contributed by atoms with van der Waals surface area (Å²) in [7, 11) is -4.70. The van der Waals surface area contributed by atoms with Gasteiger partial charge < -0.3 is 0 Å². The van der Waals surface area contributed by atoms with E-state index in [1.165, 1.54) is 29.0 Å². The molecule has 4 rings (SSSR count). The zero-order valence-electron chi connectivity index (χ0n) is 13.4. The first-order valence-electron chi connectivity index (χ1n) is 7.32. The van der Waals surface area contributed by atoms with E-state index >= 15 is 0 Å². The zero-order chi connectivity index (χ0) is 20.1. The Morgan fingerprint density at radius 2 is 2.11 bits per heavy atom. The molecule has 3 aromatic rings. The van der Waals surface area contributed by atoms with Gasteiger partial charge in [0, 0.05) is 0 Å². The number of fused-ring (bicyclic) bond motifs is 4. The zero-order valence-corrected chi connectivity index (χ0v) is 16.4. The van der Waals surface area contributed by atoms with Crippen molar-refractivity contribution in [1.82, 2.24) is 14.5 Å². The maximum absolute atomic E-state index is 12.9. The molecule has 2 aromatic heterocycles. The van der Waals surface area contributed by atoms with Crippen LogP contribution < -0.4 is 27.5 Å². The molecule has 1 N–H and O–H groups in total. The fraction of sp³-hybridized carbons (Fsp3) is 0. The van der Waals surface area contributed by atoms with Crippen LogP contribution >= 0.6 is 0 Å². The molecule has 1 aliphatic rings. The molecular weight excluding hydrogens is 509 g/mol. The van der Waals surface area contributed by atoms with E-state index in [4.69, 9.17) is 4.55 Å². The van der Waals surface area contributed by atoms with Gasteiger partial charge in [0.15, 0.2) is 0 Å². The van der Waals surface area contributed by atoms with Gasteiger partial charge in [-0.3, -0.25) is 0 Å². The Balaban J connectivity index is 1.99. The van der Waals surface area contributed by atoms with E-state index in [0.717, 1.165) is 0 Å². The Bertz CT molecular complexity index is 1350. The average Bonchev–Trinajstić information content (AvgIpc) is 2.94. The van der Waals surface area contributed by atoms with Crippen molar-refractivity contribution in [1.29, 1.82) is 0 Å². The SMILES string of the molecule is O=c1c2cccnc2nc2n1-c1ccc([N+](=O)[O-])cc1C2=N[I-]OS(=O)(=O)O. The van der Waals surface area contributed by atoms with Crippen LogP contribution in [0.25, 0.3) is 16.7 Å². The first-order chi connectivity index (χ1) is 13.3. The molecule has 3 heterocycles. The summed E-state index contributed by atoms with van der Waals surface area (Å²) in [6, 6.07) is 6.93. The van der Waals surface area contributed by atoms with Crippen molar-refractivity contribution >= 4 is 32.8 Å². The molecule has 0 saturated heterocycles. The van der Waals surface area contributed by atoms with Gasteiger partial charge in [0.1, 0.15) is 0 Å². The van der Waals surface area contributed by atoms with Crippen molar-refractivity contribution in [3.05, 3.63) is 68.4 Å². The van der Waals surface area contributed by atoms with Gasteiger partial charge in [-0.15, -0.1) is 0 Å².